The Kier molecular flexibility index (Phi) is 5.92. The Labute approximate surface area is 139 Å². The average Bonchev–Trinajstić information content (AvgIpc) is 3.44. The van der Waals surface area contributed by atoms with Gasteiger partial charge in [0.25, 0.3) is 0 Å². The molecule has 3 aliphatic rings. The van der Waals surface area contributed by atoms with Gasteiger partial charge in [0.1, 0.15) is 0 Å². The van der Waals surface area contributed by atoms with E-state index in [1.807, 2.05) is 4.90 Å². The highest BCUT2D eigenvalue weighted by molar-refractivity contribution is 5.82. The van der Waals surface area contributed by atoms with E-state index in [4.69, 9.17) is 0 Å². The van der Waals surface area contributed by atoms with E-state index >= 15 is 0 Å². The summed E-state index contributed by atoms with van der Waals surface area (Å²) in [6.07, 6.45) is 8.86. The second-order valence-electron chi connectivity index (χ2n) is 7.42. The first-order valence-corrected chi connectivity index (χ1v) is 9.53. The van der Waals surface area contributed by atoms with E-state index in [9.17, 15) is 9.59 Å². The topological polar surface area (TPSA) is 52.7 Å². The summed E-state index contributed by atoms with van der Waals surface area (Å²) in [6, 6.07) is 0. The molecule has 2 amide bonds. The fourth-order valence-corrected chi connectivity index (χ4v) is 3.79. The van der Waals surface area contributed by atoms with Crippen LogP contribution in [0.15, 0.2) is 0 Å². The summed E-state index contributed by atoms with van der Waals surface area (Å²) in [5.41, 5.74) is 0. The molecule has 0 aromatic rings. The largest absolute Gasteiger partial charge is 0.356 e. The number of nitrogens with one attached hydrogen (secondary N) is 1. The highest BCUT2D eigenvalue weighted by atomic mass is 16.2. The monoisotopic (exact) mass is 321 g/mol. The zero-order valence-corrected chi connectivity index (χ0v) is 14.3. The van der Waals surface area contributed by atoms with E-state index in [0.29, 0.717) is 11.8 Å². The first-order chi connectivity index (χ1) is 11.2. The molecule has 0 spiro atoms. The van der Waals surface area contributed by atoms with Crippen LogP contribution in [0.25, 0.3) is 0 Å². The predicted molar refractivity (Wildman–Crippen MR) is 89.9 cm³/mol. The Bertz CT molecular complexity index is 408. The van der Waals surface area contributed by atoms with E-state index < -0.39 is 0 Å². The van der Waals surface area contributed by atoms with E-state index in [0.717, 1.165) is 58.3 Å². The zero-order valence-electron chi connectivity index (χ0n) is 14.3. The highest BCUT2D eigenvalue weighted by Crippen LogP contribution is 2.32. The van der Waals surface area contributed by atoms with Gasteiger partial charge in [-0.3, -0.25) is 9.59 Å². The van der Waals surface area contributed by atoms with Crippen molar-refractivity contribution in [1.29, 1.82) is 0 Å². The molecular weight excluding hydrogens is 290 g/mol. The number of carbonyl (C=O) groups is 2. The number of rotatable bonds is 6. The molecule has 130 valence electrons. The van der Waals surface area contributed by atoms with Gasteiger partial charge in [-0.1, -0.05) is 6.42 Å². The summed E-state index contributed by atoms with van der Waals surface area (Å²) in [6.45, 7) is 5.87. The smallest absolute Gasteiger partial charge is 0.225 e. The second kappa shape index (κ2) is 8.13. The maximum absolute atomic E-state index is 12.2. The molecule has 3 rings (SSSR count). The summed E-state index contributed by atoms with van der Waals surface area (Å²) >= 11 is 0. The number of piperidine rings is 2. The van der Waals surface area contributed by atoms with Crippen molar-refractivity contribution in [2.24, 2.45) is 11.8 Å². The van der Waals surface area contributed by atoms with Crippen LogP contribution in [0.4, 0.5) is 0 Å². The maximum Gasteiger partial charge on any atom is 0.225 e. The Hall–Kier alpha value is -1.10. The summed E-state index contributed by atoms with van der Waals surface area (Å²) in [7, 11) is 0. The average molecular weight is 321 g/mol. The summed E-state index contributed by atoms with van der Waals surface area (Å²) in [4.78, 5) is 28.7. The van der Waals surface area contributed by atoms with Crippen molar-refractivity contribution in [2.75, 3.05) is 39.3 Å². The first kappa shape index (κ1) is 16.7. The molecule has 3 fully saturated rings. The molecular formula is C18H31N3O2. The number of nitrogens with zero attached hydrogens (tertiary/aromatic N) is 2. The van der Waals surface area contributed by atoms with E-state index in [1.54, 1.807) is 0 Å². The molecule has 1 N–H and O–H groups in total. The molecule has 0 bridgehead atoms. The standard InChI is InChI=1S/C18H31N3O2/c22-17(19-9-4-12-20-10-2-1-3-11-20)15-7-13-21(14-8-15)18(23)16-5-6-16/h15-16H,1-14H2,(H,19,22). The van der Waals surface area contributed by atoms with E-state index in [1.165, 1.54) is 32.4 Å². The highest BCUT2D eigenvalue weighted by Gasteiger charge is 2.35. The van der Waals surface area contributed by atoms with Gasteiger partial charge < -0.3 is 15.1 Å². The molecule has 5 heteroatoms. The Morgan fingerprint density at radius 3 is 2.22 bits per heavy atom. The molecule has 2 saturated heterocycles. The molecule has 23 heavy (non-hydrogen) atoms. The lowest BCUT2D eigenvalue weighted by Gasteiger charge is -2.31. The molecule has 0 aromatic carbocycles. The van der Waals surface area contributed by atoms with Crippen molar-refractivity contribution in [3.8, 4) is 0 Å². The SMILES string of the molecule is O=C(NCCCN1CCCCC1)C1CCN(C(=O)C2CC2)CC1. The molecule has 0 radical (unpaired) electrons. The lowest BCUT2D eigenvalue weighted by molar-refractivity contribution is -0.136. The van der Waals surface area contributed by atoms with Crippen LogP contribution in [0, 0.1) is 11.8 Å². The van der Waals surface area contributed by atoms with E-state index in [-0.39, 0.29) is 11.8 Å². The summed E-state index contributed by atoms with van der Waals surface area (Å²) in [5.74, 6) is 0.927. The molecule has 2 heterocycles. The summed E-state index contributed by atoms with van der Waals surface area (Å²) in [5, 5.41) is 3.10. The molecule has 1 aliphatic carbocycles. The van der Waals surface area contributed by atoms with Gasteiger partial charge in [0, 0.05) is 31.5 Å². The van der Waals surface area contributed by atoms with Gasteiger partial charge in [0.2, 0.25) is 11.8 Å². The van der Waals surface area contributed by atoms with Gasteiger partial charge in [-0.05, 0) is 64.6 Å². The maximum atomic E-state index is 12.2. The molecule has 5 nitrogen and oxygen atoms in total. The number of hydrogen-bond donors (Lipinski definition) is 1. The van der Waals surface area contributed by atoms with E-state index in [2.05, 4.69) is 10.2 Å². The van der Waals surface area contributed by atoms with Gasteiger partial charge >= 0.3 is 0 Å². The quantitative estimate of drug-likeness (QED) is 0.757. The van der Waals surface area contributed by atoms with Crippen molar-refractivity contribution in [1.82, 2.24) is 15.1 Å². The van der Waals surface area contributed by atoms with Crippen molar-refractivity contribution >= 4 is 11.8 Å². The third-order valence-electron chi connectivity index (χ3n) is 5.50. The Balaban J connectivity index is 1.27. The number of carbonyl (C=O) groups excluding carboxylic acids is 2. The predicted octanol–water partition coefficient (Wildman–Crippen LogP) is 1.63. The molecule has 0 aromatic heterocycles. The van der Waals surface area contributed by atoms with Crippen molar-refractivity contribution in [3.63, 3.8) is 0 Å². The first-order valence-electron chi connectivity index (χ1n) is 9.53. The lowest BCUT2D eigenvalue weighted by atomic mass is 9.95. The van der Waals surface area contributed by atoms with Crippen molar-refractivity contribution in [2.45, 2.75) is 51.4 Å². The second-order valence-corrected chi connectivity index (χ2v) is 7.42. The Morgan fingerprint density at radius 1 is 0.870 bits per heavy atom. The van der Waals surface area contributed by atoms with Crippen LogP contribution in [0.1, 0.15) is 51.4 Å². The normalized spacial score (nSPS) is 23.7. The van der Waals surface area contributed by atoms with Crippen LogP contribution in [0.5, 0.6) is 0 Å². The van der Waals surface area contributed by atoms with Gasteiger partial charge in [-0.2, -0.15) is 0 Å². The fourth-order valence-electron chi connectivity index (χ4n) is 3.79. The number of amides is 2. The zero-order chi connectivity index (χ0) is 16.1. The third kappa shape index (κ3) is 4.93. The van der Waals surface area contributed by atoms with Crippen molar-refractivity contribution in [3.05, 3.63) is 0 Å². The third-order valence-corrected chi connectivity index (χ3v) is 5.50. The van der Waals surface area contributed by atoms with Gasteiger partial charge in [0.05, 0.1) is 0 Å². The number of hydrogen-bond acceptors (Lipinski definition) is 3. The molecule has 1 saturated carbocycles. The van der Waals surface area contributed by atoms with Crippen LogP contribution in [0.2, 0.25) is 0 Å². The van der Waals surface area contributed by atoms with Crippen LogP contribution in [-0.4, -0.2) is 60.9 Å². The van der Waals surface area contributed by atoms with Crippen LogP contribution in [0.3, 0.4) is 0 Å². The minimum atomic E-state index is 0.105. The van der Waals surface area contributed by atoms with Gasteiger partial charge in [-0.25, -0.2) is 0 Å². The van der Waals surface area contributed by atoms with Gasteiger partial charge in [-0.15, -0.1) is 0 Å². The van der Waals surface area contributed by atoms with Crippen LogP contribution in [-0.2, 0) is 9.59 Å². The summed E-state index contributed by atoms with van der Waals surface area (Å²) < 4.78 is 0. The Morgan fingerprint density at radius 2 is 1.57 bits per heavy atom. The fraction of sp³-hybridized carbons (Fsp3) is 0.889. The minimum Gasteiger partial charge on any atom is -0.356 e. The molecule has 2 aliphatic heterocycles. The molecule has 0 unspecified atom stereocenters. The van der Waals surface area contributed by atoms with Crippen LogP contribution >= 0.6 is 0 Å². The molecule has 0 atom stereocenters. The number of likely N-dealkylation sites (tertiary alicyclic amines) is 2. The minimum absolute atomic E-state index is 0.105. The van der Waals surface area contributed by atoms with Crippen molar-refractivity contribution < 1.29 is 9.59 Å². The van der Waals surface area contributed by atoms with Gasteiger partial charge in [0.15, 0.2) is 0 Å². The van der Waals surface area contributed by atoms with Crippen LogP contribution < -0.4 is 5.32 Å². The lowest BCUT2D eigenvalue weighted by Crippen LogP contribution is -2.44.